The molecule has 226 valence electrons. The molecule has 1 fully saturated rings. The monoisotopic (exact) mass is 593 g/mol. The first-order valence-electron chi connectivity index (χ1n) is 14.8. The number of hydrogen-bond acceptors (Lipinski definition) is 7. The van der Waals surface area contributed by atoms with E-state index >= 15 is 0 Å². The van der Waals surface area contributed by atoms with Gasteiger partial charge in [0.1, 0.15) is 6.04 Å². The highest BCUT2D eigenvalue weighted by Gasteiger charge is 2.36. The Labute approximate surface area is 253 Å². The fourth-order valence-electron chi connectivity index (χ4n) is 6.34. The number of amides is 2. The van der Waals surface area contributed by atoms with Crippen LogP contribution in [0.1, 0.15) is 36.8 Å². The Bertz CT molecular complexity index is 1850. The number of nitrogens with two attached hydrogens (primary N) is 2. The molecule has 3 aromatic carbocycles. The summed E-state index contributed by atoms with van der Waals surface area (Å²) >= 11 is 0. The minimum Gasteiger partial charge on any atom is -0.368 e. The standard InChI is InChI=1S/C33H35N7O4/c1-19-5-14-27-26(18-36-38-27)29(19)24-4-2-3-21(15-24)16-28(30(35)41)40(32(42)23-8-6-20(17-34)7-9-23)25-12-10-22(11-13-25)31-37-33(43)44-39-31/h2-5,10-15,18,20,23,28H,6-9,16-17,34H2,1H3,(H2,35,41)(H,36,38)(H,37,39,43)/t20?,23?,28-/m0/s1. The minimum atomic E-state index is -0.937. The fourth-order valence-corrected chi connectivity index (χ4v) is 6.34. The van der Waals surface area contributed by atoms with Crippen molar-refractivity contribution in [3.05, 3.63) is 88.5 Å². The summed E-state index contributed by atoms with van der Waals surface area (Å²) in [7, 11) is 0. The molecule has 1 aliphatic carbocycles. The Morgan fingerprint density at radius 2 is 1.82 bits per heavy atom. The molecule has 2 heterocycles. The lowest BCUT2D eigenvalue weighted by Crippen LogP contribution is -2.52. The number of primary amides is 1. The molecule has 0 aliphatic heterocycles. The SMILES string of the molecule is Cc1ccc2[nH]ncc2c1-c1cccc(C[C@@H](C(N)=O)N(C(=O)C2CCC(CN)CC2)c2ccc(-c3noc(=O)[nH]3)cc2)c1. The lowest BCUT2D eigenvalue weighted by atomic mass is 9.81. The van der Waals surface area contributed by atoms with Gasteiger partial charge in [0.25, 0.3) is 0 Å². The highest BCUT2D eigenvalue weighted by Crippen LogP contribution is 2.34. The summed E-state index contributed by atoms with van der Waals surface area (Å²) < 4.78 is 4.64. The molecule has 44 heavy (non-hydrogen) atoms. The van der Waals surface area contributed by atoms with Gasteiger partial charge in [0.2, 0.25) is 11.8 Å². The number of carbonyl (C=O) groups excluding carboxylic acids is 2. The second kappa shape index (κ2) is 12.3. The summed E-state index contributed by atoms with van der Waals surface area (Å²) in [4.78, 5) is 43.0. The summed E-state index contributed by atoms with van der Waals surface area (Å²) in [5.41, 5.74) is 18.0. The molecule has 1 atom stereocenters. The molecular formula is C33H35N7O4. The molecule has 1 aliphatic rings. The molecule has 1 saturated carbocycles. The zero-order valence-corrected chi connectivity index (χ0v) is 24.5. The third-order valence-corrected chi connectivity index (χ3v) is 8.74. The Balaban J connectivity index is 1.36. The van der Waals surface area contributed by atoms with Crippen molar-refractivity contribution in [1.82, 2.24) is 20.3 Å². The van der Waals surface area contributed by atoms with Gasteiger partial charge < -0.3 is 11.5 Å². The van der Waals surface area contributed by atoms with Crippen LogP contribution in [0, 0.1) is 18.8 Å². The minimum absolute atomic E-state index is 0.137. The van der Waals surface area contributed by atoms with Gasteiger partial charge in [0, 0.05) is 29.0 Å². The molecule has 11 nitrogen and oxygen atoms in total. The molecule has 6 rings (SSSR count). The highest BCUT2D eigenvalue weighted by molar-refractivity contribution is 6.02. The topological polar surface area (TPSA) is 177 Å². The average Bonchev–Trinajstić information content (AvgIpc) is 3.70. The molecule has 0 spiro atoms. The van der Waals surface area contributed by atoms with Crippen molar-refractivity contribution in [2.75, 3.05) is 11.4 Å². The van der Waals surface area contributed by atoms with Crippen LogP contribution in [-0.2, 0) is 16.0 Å². The van der Waals surface area contributed by atoms with E-state index in [1.165, 1.54) is 0 Å². The van der Waals surface area contributed by atoms with E-state index in [0.717, 1.165) is 46.0 Å². The normalized spacial score (nSPS) is 17.4. The highest BCUT2D eigenvalue weighted by atomic mass is 16.5. The van der Waals surface area contributed by atoms with Gasteiger partial charge in [-0.15, -0.1) is 0 Å². The largest absolute Gasteiger partial charge is 0.439 e. The number of aromatic nitrogens is 4. The van der Waals surface area contributed by atoms with Gasteiger partial charge in [-0.05, 0) is 97.7 Å². The number of nitrogens with one attached hydrogen (secondary N) is 2. The Morgan fingerprint density at radius 1 is 1.05 bits per heavy atom. The molecule has 2 aromatic heterocycles. The number of rotatable bonds is 9. The van der Waals surface area contributed by atoms with E-state index in [0.29, 0.717) is 36.6 Å². The predicted octanol–water partition coefficient (Wildman–Crippen LogP) is 4.08. The lowest BCUT2D eigenvalue weighted by molar-refractivity contribution is -0.127. The van der Waals surface area contributed by atoms with E-state index < -0.39 is 17.7 Å². The van der Waals surface area contributed by atoms with Crippen molar-refractivity contribution >= 4 is 28.4 Å². The first kappa shape index (κ1) is 29.1. The van der Waals surface area contributed by atoms with Crippen molar-refractivity contribution < 1.29 is 14.1 Å². The van der Waals surface area contributed by atoms with Crippen LogP contribution in [0.15, 0.2) is 76.2 Å². The summed E-state index contributed by atoms with van der Waals surface area (Å²) in [6.07, 6.45) is 5.16. The molecule has 0 bridgehead atoms. The van der Waals surface area contributed by atoms with Crippen LogP contribution in [0.2, 0.25) is 0 Å². The predicted molar refractivity (Wildman–Crippen MR) is 168 cm³/mol. The third-order valence-electron chi connectivity index (χ3n) is 8.74. The maximum absolute atomic E-state index is 14.2. The maximum Gasteiger partial charge on any atom is 0.439 e. The smallest absolute Gasteiger partial charge is 0.368 e. The maximum atomic E-state index is 14.2. The Morgan fingerprint density at radius 3 is 2.50 bits per heavy atom. The number of fused-ring (bicyclic) bond motifs is 1. The van der Waals surface area contributed by atoms with Gasteiger partial charge in [-0.2, -0.15) is 5.10 Å². The van der Waals surface area contributed by atoms with Gasteiger partial charge in [-0.25, -0.2) is 4.79 Å². The molecule has 6 N–H and O–H groups in total. The van der Waals surface area contributed by atoms with Crippen LogP contribution in [0.25, 0.3) is 33.4 Å². The number of benzene rings is 3. The third kappa shape index (κ3) is 5.78. The number of anilines is 1. The molecule has 2 amide bonds. The number of aryl methyl sites for hydroxylation is 1. The van der Waals surface area contributed by atoms with Crippen LogP contribution >= 0.6 is 0 Å². The molecule has 0 unspecified atom stereocenters. The van der Waals surface area contributed by atoms with E-state index in [9.17, 15) is 14.4 Å². The Kier molecular flexibility index (Phi) is 8.12. The van der Waals surface area contributed by atoms with Gasteiger partial charge >= 0.3 is 5.76 Å². The first-order chi connectivity index (χ1) is 21.3. The van der Waals surface area contributed by atoms with E-state index in [-0.39, 0.29) is 24.1 Å². The van der Waals surface area contributed by atoms with Crippen LogP contribution in [0.3, 0.4) is 0 Å². The van der Waals surface area contributed by atoms with Crippen molar-refractivity contribution in [1.29, 1.82) is 0 Å². The van der Waals surface area contributed by atoms with Crippen LogP contribution in [0.5, 0.6) is 0 Å². The van der Waals surface area contributed by atoms with Crippen LogP contribution in [0.4, 0.5) is 5.69 Å². The van der Waals surface area contributed by atoms with Crippen LogP contribution < -0.4 is 22.1 Å². The zero-order valence-electron chi connectivity index (χ0n) is 24.5. The first-order valence-corrected chi connectivity index (χ1v) is 14.8. The summed E-state index contributed by atoms with van der Waals surface area (Å²) in [6.45, 7) is 2.65. The average molecular weight is 594 g/mol. The molecule has 0 radical (unpaired) electrons. The van der Waals surface area contributed by atoms with E-state index in [1.807, 2.05) is 42.6 Å². The van der Waals surface area contributed by atoms with Crippen molar-refractivity contribution in [3.63, 3.8) is 0 Å². The van der Waals surface area contributed by atoms with Gasteiger partial charge in [-0.1, -0.05) is 35.5 Å². The lowest BCUT2D eigenvalue weighted by Gasteiger charge is -2.35. The molecule has 0 saturated heterocycles. The molecular weight excluding hydrogens is 558 g/mol. The zero-order chi connectivity index (χ0) is 30.8. The fraction of sp³-hybridized carbons (Fsp3) is 0.303. The molecule has 5 aromatic rings. The summed E-state index contributed by atoms with van der Waals surface area (Å²) in [5, 5.41) is 12.0. The van der Waals surface area contributed by atoms with Gasteiger partial charge in [-0.3, -0.25) is 29.1 Å². The van der Waals surface area contributed by atoms with Crippen molar-refractivity contribution in [2.45, 2.75) is 45.1 Å². The van der Waals surface area contributed by atoms with Crippen LogP contribution in [-0.4, -0.2) is 44.7 Å². The summed E-state index contributed by atoms with van der Waals surface area (Å²) in [6, 6.07) is 18.0. The quantitative estimate of drug-likeness (QED) is 0.199. The number of carbonyl (C=O) groups is 2. The van der Waals surface area contributed by atoms with Gasteiger partial charge in [0.15, 0.2) is 5.82 Å². The summed E-state index contributed by atoms with van der Waals surface area (Å²) in [5.74, 6) is -0.984. The Hall–Kier alpha value is -5.03. The number of aromatic amines is 2. The number of nitrogens with zero attached hydrogens (tertiary/aromatic N) is 3. The number of hydrogen-bond donors (Lipinski definition) is 4. The van der Waals surface area contributed by atoms with Crippen molar-refractivity contribution in [2.24, 2.45) is 23.3 Å². The molecule has 11 heteroatoms. The second-order valence-electron chi connectivity index (χ2n) is 11.6. The van der Waals surface area contributed by atoms with Gasteiger partial charge in [0.05, 0.1) is 11.7 Å². The van der Waals surface area contributed by atoms with E-state index in [2.05, 4.69) is 31.8 Å². The second-order valence-corrected chi connectivity index (χ2v) is 11.6. The number of H-pyrrole nitrogens is 2. The van der Waals surface area contributed by atoms with E-state index in [4.69, 9.17) is 11.5 Å². The van der Waals surface area contributed by atoms with E-state index in [1.54, 1.807) is 29.2 Å². The van der Waals surface area contributed by atoms with Crippen molar-refractivity contribution in [3.8, 4) is 22.5 Å².